The molecule has 2 unspecified atom stereocenters. The number of nitrogens with zero attached hydrogens (tertiary/aromatic N) is 2. The zero-order valence-electron chi connectivity index (χ0n) is 13.2. The lowest BCUT2D eigenvalue weighted by Gasteiger charge is -2.11. The normalized spacial score (nSPS) is 13.3. The highest BCUT2D eigenvalue weighted by Gasteiger charge is 2.10. The summed E-state index contributed by atoms with van der Waals surface area (Å²) in [6.07, 6.45) is 0.726. The Morgan fingerprint density at radius 2 is 1.36 bits per heavy atom. The van der Waals surface area contributed by atoms with Crippen LogP contribution in [0.3, 0.4) is 0 Å². The van der Waals surface area contributed by atoms with Crippen LogP contribution in [0.15, 0.2) is 0 Å². The first kappa shape index (κ1) is 20.8. The predicted octanol–water partition coefficient (Wildman–Crippen LogP) is 0.877. The van der Waals surface area contributed by atoms with Crippen molar-refractivity contribution >= 4 is 0 Å². The molecule has 1 N–H and O–H groups in total. The fourth-order valence-corrected chi connectivity index (χ4v) is 1.51. The summed E-state index contributed by atoms with van der Waals surface area (Å²) in [5.41, 5.74) is 0. The number of aliphatic hydroxyl groups is 1. The Balaban J connectivity index is 3.33. The first-order valence-corrected chi connectivity index (χ1v) is 7.49. The second-order valence-electron chi connectivity index (χ2n) is 4.66. The third-order valence-electron chi connectivity index (χ3n) is 2.75. The molecule has 0 fully saturated rings. The smallest absolute Gasteiger partial charge is 0.144 e. The van der Waals surface area contributed by atoms with E-state index in [0.29, 0.717) is 59.1 Å². The van der Waals surface area contributed by atoms with Gasteiger partial charge in [0.1, 0.15) is 6.10 Å². The Morgan fingerprint density at radius 3 is 1.86 bits per heavy atom. The Morgan fingerprint density at radius 1 is 0.818 bits per heavy atom. The van der Waals surface area contributed by atoms with Gasteiger partial charge >= 0.3 is 0 Å². The quantitative estimate of drug-likeness (QED) is 0.447. The van der Waals surface area contributed by atoms with Crippen LogP contribution in [0, 0.1) is 28.6 Å². The first-order chi connectivity index (χ1) is 10.7. The highest BCUT2D eigenvalue weighted by molar-refractivity contribution is 4.87. The summed E-state index contributed by atoms with van der Waals surface area (Å²) in [6.45, 7) is 4.74. The lowest BCUT2D eigenvalue weighted by Crippen LogP contribution is -2.17. The van der Waals surface area contributed by atoms with Crippen molar-refractivity contribution in [1.29, 1.82) is 10.5 Å². The number of hydrogen-bond donors (Lipinski definition) is 1. The average molecular weight is 314 g/mol. The molecule has 0 radical (unpaired) electrons. The Kier molecular flexibility index (Phi) is 15.3. The van der Waals surface area contributed by atoms with E-state index >= 15 is 0 Å². The number of aliphatic hydroxyl groups excluding tert-OH is 1. The van der Waals surface area contributed by atoms with Crippen molar-refractivity contribution in [3.63, 3.8) is 0 Å². The van der Waals surface area contributed by atoms with Gasteiger partial charge in [-0.25, -0.2) is 0 Å². The van der Waals surface area contributed by atoms with Crippen molar-refractivity contribution in [1.82, 2.24) is 0 Å². The molecule has 0 aliphatic rings. The van der Waals surface area contributed by atoms with Gasteiger partial charge in [0.2, 0.25) is 0 Å². The second kappa shape index (κ2) is 16.2. The van der Waals surface area contributed by atoms with Crippen molar-refractivity contribution < 1.29 is 24.1 Å². The average Bonchev–Trinajstić information content (AvgIpc) is 2.54. The number of nitriles is 2. The summed E-state index contributed by atoms with van der Waals surface area (Å²) in [4.78, 5) is 0. The van der Waals surface area contributed by atoms with Gasteiger partial charge in [-0.1, -0.05) is 0 Å². The molecule has 0 heterocycles. The van der Waals surface area contributed by atoms with Crippen LogP contribution in [0.25, 0.3) is 0 Å². The molecule has 126 valence electrons. The van der Waals surface area contributed by atoms with Gasteiger partial charge in [-0.2, -0.15) is 10.5 Å². The molecule has 0 saturated carbocycles. The van der Waals surface area contributed by atoms with Crippen LogP contribution in [-0.4, -0.2) is 64.1 Å². The molecule has 7 nitrogen and oxygen atoms in total. The molecule has 2 atom stereocenters. The summed E-state index contributed by atoms with van der Waals surface area (Å²) < 4.78 is 21.0. The highest BCUT2D eigenvalue weighted by atomic mass is 16.6. The fourth-order valence-electron chi connectivity index (χ4n) is 1.51. The van der Waals surface area contributed by atoms with E-state index in [1.54, 1.807) is 0 Å². The highest BCUT2D eigenvalue weighted by Crippen LogP contribution is 2.08. The number of hydrogen-bond acceptors (Lipinski definition) is 7. The van der Waals surface area contributed by atoms with Gasteiger partial charge in [-0.3, -0.25) is 0 Å². The monoisotopic (exact) mass is 314 g/mol. The maximum atomic E-state index is 8.93. The second-order valence-corrected chi connectivity index (χ2v) is 4.66. The van der Waals surface area contributed by atoms with Gasteiger partial charge in [0, 0.05) is 5.92 Å². The minimum atomic E-state index is -0.487. The van der Waals surface area contributed by atoms with Crippen molar-refractivity contribution in [3.8, 4) is 12.1 Å². The van der Waals surface area contributed by atoms with Crippen LogP contribution in [0.1, 0.15) is 19.8 Å². The molecule has 0 aromatic rings. The topological polar surface area (TPSA) is 105 Å². The molecule has 0 aromatic heterocycles. The summed E-state index contributed by atoms with van der Waals surface area (Å²) in [5, 5.41) is 26.1. The number of rotatable bonds is 15. The van der Waals surface area contributed by atoms with E-state index in [-0.39, 0.29) is 12.5 Å². The molecule has 0 spiro atoms. The van der Waals surface area contributed by atoms with Gasteiger partial charge in [0.25, 0.3) is 0 Å². The summed E-state index contributed by atoms with van der Waals surface area (Å²) in [5.74, 6) is -0.0609. The minimum Gasteiger partial charge on any atom is -0.394 e. The van der Waals surface area contributed by atoms with E-state index in [4.69, 9.17) is 34.6 Å². The molecule has 22 heavy (non-hydrogen) atoms. The van der Waals surface area contributed by atoms with Crippen molar-refractivity contribution in [2.45, 2.75) is 25.9 Å². The Labute approximate surface area is 132 Å². The number of ether oxygens (including phenoxy) is 4. The molecular formula is C15H26N2O5. The van der Waals surface area contributed by atoms with Gasteiger partial charge in [-0.05, 0) is 19.8 Å². The van der Waals surface area contributed by atoms with Crippen molar-refractivity contribution in [2.24, 2.45) is 5.92 Å². The predicted molar refractivity (Wildman–Crippen MR) is 78.9 cm³/mol. The molecule has 0 aromatic carbocycles. The van der Waals surface area contributed by atoms with E-state index < -0.39 is 6.10 Å². The SMILES string of the molecule is CC(C#N)CCC(C#N)OCCOCCOCCOCCO. The van der Waals surface area contributed by atoms with E-state index in [2.05, 4.69) is 12.1 Å². The third kappa shape index (κ3) is 13.7. The van der Waals surface area contributed by atoms with Crippen molar-refractivity contribution in [3.05, 3.63) is 0 Å². The van der Waals surface area contributed by atoms with E-state index in [1.807, 2.05) is 6.92 Å². The van der Waals surface area contributed by atoms with Crippen LogP contribution in [0.2, 0.25) is 0 Å². The van der Waals surface area contributed by atoms with Crippen molar-refractivity contribution in [2.75, 3.05) is 52.9 Å². The van der Waals surface area contributed by atoms with E-state index in [0.717, 1.165) is 0 Å². The standard InChI is InChI=1S/C15H26N2O5/c1-14(12-16)2-3-15(13-17)22-11-10-21-9-8-20-7-6-19-5-4-18/h14-15,18H,2-11H2,1H3. The fraction of sp³-hybridized carbons (Fsp3) is 0.867. The van der Waals surface area contributed by atoms with Crippen LogP contribution >= 0.6 is 0 Å². The van der Waals surface area contributed by atoms with E-state index in [1.165, 1.54) is 0 Å². The largest absolute Gasteiger partial charge is 0.394 e. The third-order valence-corrected chi connectivity index (χ3v) is 2.75. The molecule has 0 aliphatic heterocycles. The lowest BCUT2D eigenvalue weighted by molar-refractivity contribution is -0.0130. The van der Waals surface area contributed by atoms with Crippen LogP contribution in [0.5, 0.6) is 0 Å². The molecule has 0 saturated heterocycles. The van der Waals surface area contributed by atoms with Crippen LogP contribution in [0.4, 0.5) is 0 Å². The lowest BCUT2D eigenvalue weighted by atomic mass is 10.1. The molecule has 0 amide bonds. The van der Waals surface area contributed by atoms with Gasteiger partial charge in [0.05, 0.1) is 65.0 Å². The summed E-state index contributed by atoms with van der Waals surface area (Å²) in [7, 11) is 0. The van der Waals surface area contributed by atoms with Gasteiger partial charge in [-0.15, -0.1) is 0 Å². The maximum Gasteiger partial charge on any atom is 0.144 e. The van der Waals surface area contributed by atoms with Crippen LogP contribution in [-0.2, 0) is 18.9 Å². The zero-order chi connectivity index (χ0) is 16.5. The Bertz CT molecular complexity index is 327. The minimum absolute atomic E-state index is 0.0161. The molecule has 0 bridgehead atoms. The van der Waals surface area contributed by atoms with Gasteiger partial charge < -0.3 is 24.1 Å². The Hall–Kier alpha value is -1.22. The zero-order valence-corrected chi connectivity index (χ0v) is 13.2. The molecule has 0 aliphatic carbocycles. The van der Waals surface area contributed by atoms with Crippen LogP contribution < -0.4 is 0 Å². The molecule has 7 heteroatoms. The maximum absolute atomic E-state index is 8.93. The van der Waals surface area contributed by atoms with E-state index in [9.17, 15) is 0 Å². The summed E-state index contributed by atoms with van der Waals surface area (Å²) in [6, 6.07) is 4.20. The summed E-state index contributed by atoms with van der Waals surface area (Å²) >= 11 is 0. The van der Waals surface area contributed by atoms with Gasteiger partial charge in [0.15, 0.2) is 0 Å². The molecule has 0 rings (SSSR count). The first-order valence-electron chi connectivity index (χ1n) is 7.49. The molecular weight excluding hydrogens is 288 g/mol.